The van der Waals surface area contributed by atoms with Gasteiger partial charge in [0.15, 0.2) is 0 Å². The highest BCUT2D eigenvalue weighted by Crippen LogP contribution is 2.36. The third-order valence-electron chi connectivity index (χ3n) is 4.61. The van der Waals surface area contributed by atoms with Crippen molar-refractivity contribution >= 4 is 11.0 Å². The molecule has 0 saturated carbocycles. The predicted octanol–water partition coefficient (Wildman–Crippen LogP) is 3.51. The minimum atomic E-state index is -0.145. The molecule has 0 aliphatic carbocycles. The number of benzene rings is 1. The first-order chi connectivity index (χ1) is 12.0. The van der Waals surface area contributed by atoms with Crippen molar-refractivity contribution in [1.82, 2.24) is 19.7 Å². The molecule has 0 bridgehead atoms. The van der Waals surface area contributed by atoms with E-state index < -0.39 is 0 Å². The standard InChI is InChI=1S/C19H18N4O2/c1-10-14(6-5-7-20-10)15-8-13(17-11(2)22-25-12(17)3)9-16-18(15)23(4)19(24)21-16/h5-9H,1-4H3,(H,21,24). The number of hydrogen-bond acceptors (Lipinski definition) is 4. The molecular weight excluding hydrogens is 316 g/mol. The maximum atomic E-state index is 12.2. The molecule has 0 radical (unpaired) electrons. The first-order valence-corrected chi connectivity index (χ1v) is 8.05. The van der Waals surface area contributed by atoms with Crippen molar-refractivity contribution in [2.24, 2.45) is 7.05 Å². The summed E-state index contributed by atoms with van der Waals surface area (Å²) in [4.78, 5) is 19.5. The van der Waals surface area contributed by atoms with E-state index in [1.807, 2.05) is 39.0 Å². The number of nitrogens with one attached hydrogen (secondary N) is 1. The lowest BCUT2D eigenvalue weighted by atomic mass is 9.96. The number of aromatic amines is 1. The van der Waals surface area contributed by atoms with Gasteiger partial charge in [0.05, 0.1) is 16.7 Å². The molecule has 6 heteroatoms. The lowest BCUT2D eigenvalue weighted by Gasteiger charge is -2.11. The SMILES string of the molecule is Cc1ncccc1-c1cc(-c2c(C)noc2C)cc2[nH]c(=O)n(C)c12. The number of hydrogen-bond donors (Lipinski definition) is 1. The lowest BCUT2D eigenvalue weighted by Crippen LogP contribution is -2.12. The molecule has 0 spiro atoms. The Bertz CT molecular complexity index is 1140. The number of nitrogens with zero attached hydrogens (tertiary/aromatic N) is 3. The highest BCUT2D eigenvalue weighted by molar-refractivity contribution is 5.97. The highest BCUT2D eigenvalue weighted by Gasteiger charge is 2.18. The molecule has 126 valence electrons. The normalized spacial score (nSPS) is 11.4. The molecule has 3 heterocycles. The zero-order chi connectivity index (χ0) is 17.7. The van der Waals surface area contributed by atoms with E-state index in [0.717, 1.165) is 50.4 Å². The van der Waals surface area contributed by atoms with Gasteiger partial charge in [-0.1, -0.05) is 11.2 Å². The molecule has 0 atom stereocenters. The van der Waals surface area contributed by atoms with E-state index in [-0.39, 0.29) is 5.69 Å². The Kier molecular flexibility index (Phi) is 3.35. The summed E-state index contributed by atoms with van der Waals surface area (Å²) >= 11 is 0. The van der Waals surface area contributed by atoms with Gasteiger partial charge in [-0.2, -0.15) is 0 Å². The number of H-pyrrole nitrogens is 1. The molecule has 1 N–H and O–H groups in total. The van der Waals surface area contributed by atoms with Crippen LogP contribution < -0.4 is 5.69 Å². The molecule has 0 aliphatic heterocycles. The predicted molar refractivity (Wildman–Crippen MR) is 96.5 cm³/mol. The fourth-order valence-electron chi connectivity index (χ4n) is 3.41. The summed E-state index contributed by atoms with van der Waals surface area (Å²) in [6, 6.07) is 7.97. The van der Waals surface area contributed by atoms with Crippen LogP contribution in [0.2, 0.25) is 0 Å². The van der Waals surface area contributed by atoms with E-state index in [9.17, 15) is 4.79 Å². The van der Waals surface area contributed by atoms with Crippen LogP contribution in [0.5, 0.6) is 0 Å². The second-order valence-electron chi connectivity index (χ2n) is 6.24. The van der Waals surface area contributed by atoms with Gasteiger partial charge in [-0.15, -0.1) is 0 Å². The van der Waals surface area contributed by atoms with Crippen molar-refractivity contribution in [2.75, 3.05) is 0 Å². The van der Waals surface area contributed by atoms with Gasteiger partial charge in [0.2, 0.25) is 0 Å². The largest absolute Gasteiger partial charge is 0.361 e. The van der Waals surface area contributed by atoms with Crippen molar-refractivity contribution in [3.05, 3.63) is 58.1 Å². The number of imidazole rings is 1. The van der Waals surface area contributed by atoms with Gasteiger partial charge in [0.25, 0.3) is 0 Å². The first kappa shape index (κ1) is 15.4. The Morgan fingerprint density at radius 1 is 1.12 bits per heavy atom. The van der Waals surface area contributed by atoms with Crippen molar-refractivity contribution in [3.8, 4) is 22.3 Å². The van der Waals surface area contributed by atoms with Gasteiger partial charge in [-0.25, -0.2) is 4.79 Å². The van der Waals surface area contributed by atoms with E-state index in [4.69, 9.17) is 4.52 Å². The van der Waals surface area contributed by atoms with Crippen LogP contribution >= 0.6 is 0 Å². The average Bonchev–Trinajstić information content (AvgIpc) is 3.06. The fourth-order valence-corrected chi connectivity index (χ4v) is 3.41. The van der Waals surface area contributed by atoms with E-state index in [0.29, 0.717) is 0 Å². The van der Waals surface area contributed by atoms with E-state index in [1.54, 1.807) is 17.8 Å². The minimum absolute atomic E-state index is 0.145. The van der Waals surface area contributed by atoms with Crippen molar-refractivity contribution in [3.63, 3.8) is 0 Å². The molecule has 3 aromatic heterocycles. The molecule has 0 aliphatic rings. The summed E-state index contributed by atoms with van der Waals surface area (Å²) in [6.45, 7) is 5.77. The van der Waals surface area contributed by atoms with Crippen LogP contribution in [-0.4, -0.2) is 19.7 Å². The molecule has 0 saturated heterocycles. The molecule has 0 fully saturated rings. The third kappa shape index (κ3) is 2.29. The topological polar surface area (TPSA) is 76.7 Å². The maximum absolute atomic E-state index is 12.2. The molecule has 4 aromatic rings. The summed E-state index contributed by atoms with van der Waals surface area (Å²) in [5, 5.41) is 4.05. The van der Waals surface area contributed by atoms with Crippen molar-refractivity contribution in [1.29, 1.82) is 0 Å². The van der Waals surface area contributed by atoms with E-state index in [2.05, 4.69) is 21.2 Å². The van der Waals surface area contributed by atoms with Crippen molar-refractivity contribution < 1.29 is 4.52 Å². The van der Waals surface area contributed by atoms with Gasteiger partial charge in [-0.05, 0) is 44.5 Å². The van der Waals surface area contributed by atoms with Crippen LogP contribution in [0.15, 0.2) is 39.8 Å². The third-order valence-corrected chi connectivity index (χ3v) is 4.61. The Morgan fingerprint density at radius 2 is 1.92 bits per heavy atom. The molecule has 25 heavy (non-hydrogen) atoms. The molecule has 4 rings (SSSR count). The zero-order valence-electron chi connectivity index (χ0n) is 14.5. The highest BCUT2D eigenvalue weighted by atomic mass is 16.5. The summed E-state index contributed by atoms with van der Waals surface area (Å²) in [6.07, 6.45) is 1.77. The monoisotopic (exact) mass is 334 g/mol. The van der Waals surface area contributed by atoms with Crippen LogP contribution in [0.25, 0.3) is 33.3 Å². The van der Waals surface area contributed by atoms with Crippen LogP contribution in [0.3, 0.4) is 0 Å². The molecule has 0 unspecified atom stereocenters. The zero-order valence-corrected chi connectivity index (χ0v) is 14.5. The lowest BCUT2D eigenvalue weighted by molar-refractivity contribution is 0.393. The Labute approximate surface area is 144 Å². The molecular formula is C19H18N4O2. The van der Waals surface area contributed by atoms with Crippen LogP contribution in [0, 0.1) is 20.8 Å². The van der Waals surface area contributed by atoms with E-state index >= 15 is 0 Å². The summed E-state index contributed by atoms with van der Waals surface area (Å²) in [5.41, 5.74) is 7.10. The second-order valence-corrected chi connectivity index (χ2v) is 6.24. The van der Waals surface area contributed by atoms with Crippen molar-refractivity contribution in [2.45, 2.75) is 20.8 Å². The maximum Gasteiger partial charge on any atom is 0.326 e. The average molecular weight is 334 g/mol. The van der Waals surface area contributed by atoms with Crippen LogP contribution in [0.1, 0.15) is 17.1 Å². The summed E-state index contributed by atoms with van der Waals surface area (Å²) < 4.78 is 6.95. The fraction of sp³-hybridized carbons (Fsp3) is 0.211. The Morgan fingerprint density at radius 3 is 2.60 bits per heavy atom. The van der Waals surface area contributed by atoms with Gasteiger partial charge >= 0.3 is 5.69 Å². The molecule has 0 amide bonds. The number of aromatic nitrogens is 4. The number of fused-ring (bicyclic) bond motifs is 1. The number of rotatable bonds is 2. The molecule has 1 aromatic carbocycles. The second kappa shape index (κ2) is 5.44. The number of pyridine rings is 1. The minimum Gasteiger partial charge on any atom is -0.361 e. The Balaban J connectivity index is 2.13. The van der Waals surface area contributed by atoms with Crippen LogP contribution in [0.4, 0.5) is 0 Å². The number of aryl methyl sites for hydroxylation is 4. The van der Waals surface area contributed by atoms with Gasteiger partial charge in [-0.3, -0.25) is 9.55 Å². The van der Waals surface area contributed by atoms with Gasteiger partial charge < -0.3 is 9.51 Å². The molecule has 6 nitrogen and oxygen atoms in total. The quantitative estimate of drug-likeness (QED) is 0.608. The summed E-state index contributed by atoms with van der Waals surface area (Å²) in [5.74, 6) is 0.754. The Hall–Kier alpha value is -3.15. The van der Waals surface area contributed by atoms with E-state index in [1.165, 1.54) is 0 Å². The van der Waals surface area contributed by atoms with Gasteiger partial charge in [0.1, 0.15) is 5.76 Å². The smallest absolute Gasteiger partial charge is 0.326 e. The first-order valence-electron chi connectivity index (χ1n) is 8.05. The van der Waals surface area contributed by atoms with Gasteiger partial charge in [0, 0.05) is 35.6 Å². The van der Waals surface area contributed by atoms with Crippen LogP contribution in [-0.2, 0) is 7.05 Å². The summed E-state index contributed by atoms with van der Waals surface area (Å²) in [7, 11) is 1.77.